The number of methoxy groups -OCH3 is 2. The summed E-state index contributed by atoms with van der Waals surface area (Å²) in [5.41, 5.74) is -0.742. The molecule has 1 aromatic rings. The first-order valence-corrected chi connectivity index (χ1v) is 4.40. The smallest absolute Gasteiger partial charge is 0.341 e. The normalized spacial score (nSPS) is 9.24. The molecular weight excluding hydrogens is 228 g/mol. The SMILES string of the molecule is COC(=O)c1cc([N+](=O)[O-])c(C#N)cc1OC. The van der Waals surface area contributed by atoms with Crippen LogP contribution >= 0.6 is 0 Å². The van der Waals surface area contributed by atoms with Gasteiger partial charge in [0.1, 0.15) is 22.9 Å². The summed E-state index contributed by atoms with van der Waals surface area (Å²) in [4.78, 5) is 21.3. The Morgan fingerprint density at radius 1 is 1.47 bits per heavy atom. The number of hydrogen-bond acceptors (Lipinski definition) is 6. The van der Waals surface area contributed by atoms with Crippen LogP contribution in [0.2, 0.25) is 0 Å². The van der Waals surface area contributed by atoms with E-state index >= 15 is 0 Å². The summed E-state index contributed by atoms with van der Waals surface area (Å²) in [6, 6.07) is 3.75. The van der Waals surface area contributed by atoms with Crippen molar-refractivity contribution in [3.05, 3.63) is 33.4 Å². The third-order valence-electron chi connectivity index (χ3n) is 2.04. The van der Waals surface area contributed by atoms with Gasteiger partial charge >= 0.3 is 5.97 Å². The summed E-state index contributed by atoms with van der Waals surface area (Å²) >= 11 is 0. The van der Waals surface area contributed by atoms with Gasteiger partial charge in [-0.25, -0.2) is 4.79 Å². The number of nitro groups is 1. The molecule has 0 radical (unpaired) electrons. The Bertz CT molecular complexity index is 518. The van der Waals surface area contributed by atoms with Crippen molar-refractivity contribution < 1.29 is 19.2 Å². The number of carbonyl (C=O) groups excluding carboxylic acids is 1. The van der Waals surface area contributed by atoms with Crippen LogP contribution in [0.25, 0.3) is 0 Å². The number of nitriles is 1. The standard InChI is InChI=1S/C10H8N2O5/c1-16-9-3-6(5-11)8(12(14)15)4-7(9)10(13)17-2/h3-4H,1-2H3. The van der Waals surface area contributed by atoms with E-state index in [2.05, 4.69) is 4.74 Å². The molecule has 0 saturated carbocycles. The van der Waals surface area contributed by atoms with E-state index in [9.17, 15) is 14.9 Å². The average Bonchev–Trinajstić information content (AvgIpc) is 2.35. The first-order valence-electron chi connectivity index (χ1n) is 4.40. The summed E-state index contributed by atoms with van der Waals surface area (Å²) in [5, 5.41) is 19.5. The molecule has 88 valence electrons. The van der Waals surface area contributed by atoms with E-state index < -0.39 is 16.6 Å². The first kappa shape index (κ1) is 12.4. The lowest BCUT2D eigenvalue weighted by Gasteiger charge is -2.07. The molecular formula is C10H8N2O5. The Labute approximate surface area is 96.3 Å². The van der Waals surface area contributed by atoms with Gasteiger partial charge in [0.2, 0.25) is 0 Å². The zero-order chi connectivity index (χ0) is 13.0. The van der Waals surface area contributed by atoms with Gasteiger partial charge in [-0.2, -0.15) is 5.26 Å². The molecule has 17 heavy (non-hydrogen) atoms. The monoisotopic (exact) mass is 236 g/mol. The highest BCUT2D eigenvalue weighted by Crippen LogP contribution is 2.28. The highest BCUT2D eigenvalue weighted by atomic mass is 16.6. The van der Waals surface area contributed by atoms with Crippen LogP contribution in [0.3, 0.4) is 0 Å². The molecule has 0 bridgehead atoms. The summed E-state index contributed by atoms with van der Waals surface area (Å²) in [7, 11) is 2.43. The molecule has 0 aliphatic carbocycles. The van der Waals surface area contributed by atoms with Gasteiger partial charge in [-0.15, -0.1) is 0 Å². The topological polar surface area (TPSA) is 102 Å². The third kappa shape index (κ3) is 2.31. The lowest BCUT2D eigenvalue weighted by atomic mass is 10.1. The maximum absolute atomic E-state index is 11.4. The van der Waals surface area contributed by atoms with Gasteiger partial charge in [-0.05, 0) is 0 Å². The summed E-state index contributed by atoms with van der Waals surface area (Å²) in [6.07, 6.45) is 0. The fourth-order valence-electron chi connectivity index (χ4n) is 1.25. The van der Waals surface area contributed by atoms with Gasteiger partial charge in [0.25, 0.3) is 5.69 Å². The minimum atomic E-state index is -0.769. The van der Waals surface area contributed by atoms with E-state index in [-0.39, 0.29) is 16.9 Å². The van der Waals surface area contributed by atoms with E-state index in [1.54, 1.807) is 6.07 Å². The van der Waals surface area contributed by atoms with Crippen LogP contribution in [0.1, 0.15) is 15.9 Å². The van der Waals surface area contributed by atoms with Crippen LogP contribution in [-0.2, 0) is 4.74 Å². The van der Waals surface area contributed by atoms with E-state index in [1.807, 2.05) is 0 Å². The van der Waals surface area contributed by atoms with Crippen LogP contribution in [0, 0.1) is 21.4 Å². The number of rotatable bonds is 3. The number of nitro benzene ring substituents is 1. The Morgan fingerprint density at radius 3 is 2.53 bits per heavy atom. The summed E-state index contributed by atoms with van der Waals surface area (Å²) in [5.74, 6) is -0.714. The quantitative estimate of drug-likeness (QED) is 0.444. The van der Waals surface area contributed by atoms with Gasteiger partial charge < -0.3 is 9.47 Å². The van der Waals surface area contributed by atoms with Crippen molar-refractivity contribution in [2.75, 3.05) is 14.2 Å². The molecule has 0 fully saturated rings. The lowest BCUT2D eigenvalue weighted by molar-refractivity contribution is -0.385. The van der Waals surface area contributed by atoms with E-state index in [1.165, 1.54) is 7.11 Å². The van der Waals surface area contributed by atoms with Crippen molar-refractivity contribution in [3.63, 3.8) is 0 Å². The zero-order valence-corrected chi connectivity index (χ0v) is 9.09. The minimum absolute atomic E-state index is 0.0546. The van der Waals surface area contributed by atoms with Gasteiger partial charge in [0.15, 0.2) is 0 Å². The molecule has 0 aromatic heterocycles. The van der Waals surface area contributed by atoms with E-state index in [0.29, 0.717) is 0 Å². The van der Waals surface area contributed by atoms with Gasteiger partial charge in [-0.1, -0.05) is 0 Å². The van der Waals surface area contributed by atoms with Crippen molar-refractivity contribution in [1.29, 1.82) is 5.26 Å². The van der Waals surface area contributed by atoms with Crippen LogP contribution in [0.15, 0.2) is 12.1 Å². The Kier molecular flexibility index (Phi) is 3.62. The number of nitrogens with zero attached hydrogens (tertiary/aromatic N) is 2. The summed E-state index contributed by atoms with van der Waals surface area (Å²) in [6.45, 7) is 0. The molecule has 0 aliphatic rings. The number of hydrogen-bond donors (Lipinski definition) is 0. The molecule has 0 N–H and O–H groups in total. The molecule has 0 aliphatic heterocycles. The number of esters is 1. The highest BCUT2D eigenvalue weighted by Gasteiger charge is 2.22. The number of carbonyl (C=O) groups is 1. The second kappa shape index (κ2) is 4.94. The van der Waals surface area contributed by atoms with Crippen LogP contribution in [0.4, 0.5) is 5.69 Å². The fraction of sp³-hybridized carbons (Fsp3) is 0.200. The molecule has 0 spiro atoms. The van der Waals surface area contributed by atoms with Crippen molar-refractivity contribution >= 4 is 11.7 Å². The molecule has 0 amide bonds. The molecule has 7 heteroatoms. The van der Waals surface area contributed by atoms with Gasteiger partial charge in [0, 0.05) is 12.1 Å². The summed E-state index contributed by atoms with van der Waals surface area (Å²) < 4.78 is 9.33. The number of ether oxygens (including phenoxy) is 2. The Morgan fingerprint density at radius 2 is 2.12 bits per heavy atom. The second-order valence-corrected chi connectivity index (χ2v) is 2.93. The molecule has 1 rings (SSSR count). The predicted molar refractivity (Wildman–Crippen MR) is 55.7 cm³/mol. The fourth-order valence-corrected chi connectivity index (χ4v) is 1.25. The highest BCUT2D eigenvalue weighted by molar-refractivity contribution is 5.93. The van der Waals surface area contributed by atoms with E-state index in [4.69, 9.17) is 10.00 Å². The zero-order valence-electron chi connectivity index (χ0n) is 9.09. The van der Waals surface area contributed by atoms with Crippen LogP contribution in [0.5, 0.6) is 5.75 Å². The van der Waals surface area contributed by atoms with Gasteiger partial charge in [-0.3, -0.25) is 10.1 Å². The number of benzene rings is 1. The maximum atomic E-state index is 11.4. The van der Waals surface area contributed by atoms with Crippen molar-refractivity contribution in [1.82, 2.24) is 0 Å². The second-order valence-electron chi connectivity index (χ2n) is 2.93. The molecule has 0 saturated heterocycles. The van der Waals surface area contributed by atoms with Gasteiger partial charge in [0.05, 0.1) is 19.1 Å². The molecule has 0 atom stereocenters. The lowest BCUT2D eigenvalue weighted by Crippen LogP contribution is -2.06. The third-order valence-corrected chi connectivity index (χ3v) is 2.04. The van der Waals surface area contributed by atoms with Crippen molar-refractivity contribution in [2.24, 2.45) is 0 Å². The van der Waals surface area contributed by atoms with Crippen LogP contribution < -0.4 is 4.74 Å². The predicted octanol–water partition coefficient (Wildman–Crippen LogP) is 1.26. The first-order chi connectivity index (χ1) is 8.04. The van der Waals surface area contributed by atoms with E-state index in [0.717, 1.165) is 19.2 Å². The molecule has 0 heterocycles. The molecule has 7 nitrogen and oxygen atoms in total. The molecule has 1 aromatic carbocycles. The Hall–Kier alpha value is -2.62. The maximum Gasteiger partial charge on any atom is 0.341 e. The molecule has 0 unspecified atom stereocenters. The van der Waals surface area contributed by atoms with Crippen LogP contribution in [-0.4, -0.2) is 25.1 Å². The van der Waals surface area contributed by atoms with Crippen molar-refractivity contribution in [2.45, 2.75) is 0 Å². The largest absolute Gasteiger partial charge is 0.496 e. The van der Waals surface area contributed by atoms with Crippen molar-refractivity contribution in [3.8, 4) is 11.8 Å². The Balaban J connectivity index is 3.51. The minimum Gasteiger partial charge on any atom is -0.496 e. The average molecular weight is 236 g/mol.